The van der Waals surface area contributed by atoms with E-state index >= 15 is 0 Å². The van der Waals surface area contributed by atoms with Gasteiger partial charge < -0.3 is 14.4 Å². The van der Waals surface area contributed by atoms with Crippen LogP contribution in [0.5, 0.6) is 5.75 Å². The van der Waals surface area contributed by atoms with Gasteiger partial charge >= 0.3 is 5.97 Å². The first-order valence-electron chi connectivity index (χ1n) is 5.23. The standard InChI is InChI=1S/C13H11NO4/c1-18-12-8-14(9-5-3-2-4-6-9)10(13(16)17)7-11(12)15/h2-8H,1H3,(H,16,17). The van der Waals surface area contributed by atoms with Crippen LogP contribution in [0.2, 0.25) is 0 Å². The van der Waals surface area contributed by atoms with E-state index in [0.29, 0.717) is 5.69 Å². The molecule has 1 N–H and O–H groups in total. The Morgan fingerprint density at radius 1 is 1.28 bits per heavy atom. The molecule has 92 valence electrons. The fourth-order valence-electron chi connectivity index (χ4n) is 1.64. The maximum absolute atomic E-state index is 11.6. The molecule has 0 saturated heterocycles. The summed E-state index contributed by atoms with van der Waals surface area (Å²) in [5.41, 5.74) is 0.0854. The molecule has 0 aliphatic heterocycles. The Labute approximate surface area is 103 Å². The van der Waals surface area contributed by atoms with Crippen LogP contribution < -0.4 is 10.2 Å². The van der Waals surface area contributed by atoms with Crippen molar-refractivity contribution in [3.8, 4) is 11.4 Å². The van der Waals surface area contributed by atoms with Crippen molar-refractivity contribution in [2.24, 2.45) is 0 Å². The summed E-state index contributed by atoms with van der Waals surface area (Å²) in [7, 11) is 1.37. The summed E-state index contributed by atoms with van der Waals surface area (Å²) >= 11 is 0. The number of aromatic carboxylic acids is 1. The number of rotatable bonds is 3. The predicted molar refractivity (Wildman–Crippen MR) is 65.6 cm³/mol. The van der Waals surface area contributed by atoms with Crippen molar-refractivity contribution < 1.29 is 14.6 Å². The lowest BCUT2D eigenvalue weighted by atomic mass is 10.2. The lowest BCUT2D eigenvalue weighted by Gasteiger charge is -2.11. The highest BCUT2D eigenvalue weighted by molar-refractivity contribution is 5.86. The molecule has 0 unspecified atom stereocenters. The fraction of sp³-hybridized carbons (Fsp3) is 0.0769. The highest BCUT2D eigenvalue weighted by Gasteiger charge is 2.13. The number of nitrogens with zero attached hydrogens (tertiary/aromatic N) is 1. The Morgan fingerprint density at radius 3 is 2.50 bits per heavy atom. The molecular formula is C13H11NO4. The van der Waals surface area contributed by atoms with Gasteiger partial charge in [0.1, 0.15) is 5.69 Å². The first-order valence-corrected chi connectivity index (χ1v) is 5.23. The molecule has 0 aliphatic rings. The normalized spacial score (nSPS) is 10.1. The van der Waals surface area contributed by atoms with Crippen LogP contribution in [-0.4, -0.2) is 22.8 Å². The van der Waals surface area contributed by atoms with E-state index in [0.717, 1.165) is 6.07 Å². The summed E-state index contributed by atoms with van der Waals surface area (Å²) in [6.07, 6.45) is 1.38. The van der Waals surface area contributed by atoms with Gasteiger partial charge in [0.05, 0.1) is 13.3 Å². The van der Waals surface area contributed by atoms with Crippen molar-refractivity contribution in [3.63, 3.8) is 0 Å². The summed E-state index contributed by atoms with van der Waals surface area (Å²) in [6, 6.07) is 9.93. The van der Waals surface area contributed by atoms with E-state index in [9.17, 15) is 9.59 Å². The molecule has 0 bridgehead atoms. The molecule has 0 aliphatic carbocycles. The van der Waals surface area contributed by atoms with Gasteiger partial charge in [0.25, 0.3) is 0 Å². The van der Waals surface area contributed by atoms with Crippen LogP contribution in [0.3, 0.4) is 0 Å². The van der Waals surface area contributed by atoms with Gasteiger partial charge in [0.2, 0.25) is 5.43 Å². The Hall–Kier alpha value is -2.56. The molecule has 5 heteroatoms. The van der Waals surface area contributed by atoms with Crippen LogP contribution in [0.1, 0.15) is 10.5 Å². The molecule has 18 heavy (non-hydrogen) atoms. The van der Waals surface area contributed by atoms with E-state index in [1.54, 1.807) is 24.3 Å². The van der Waals surface area contributed by atoms with Crippen LogP contribution >= 0.6 is 0 Å². The number of ether oxygens (including phenoxy) is 1. The monoisotopic (exact) mass is 245 g/mol. The number of carboxylic acid groups (broad SMARTS) is 1. The lowest BCUT2D eigenvalue weighted by Crippen LogP contribution is -2.16. The summed E-state index contributed by atoms with van der Waals surface area (Å²) in [5, 5.41) is 9.11. The van der Waals surface area contributed by atoms with Crippen molar-refractivity contribution in [1.29, 1.82) is 0 Å². The second-order valence-corrected chi connectivity index (χ2v) is 3.60. The number of carbonyl (C=O) groups is 1. The first-order chi connectivity index (χ1) is 8.63. The van der Waals surface area contributed by atoms with Gasteiger partial charge in [-0.1, -0.05) is 18.2 Å². The van der Waals surface area contributed by atoms with E-state index in [1.165, 1.54) is 17.9 Å². The summed E-state index contributed by atoms with van der Waals surface area (Å²) in [6.45, 7) is 0. The van der Waals surface area contributed by atoms with Gasteiger partial charge in [-0.15, -0.1) is 0 Å². The van der Waals surface area contributed by atoms with Crippen molar-refractivity contribution in [2.75, 3.05) is 7.11 Å². The van der Waals surface area contributed by atoms with Crippen molar-refractivity contribution in [2.45, 2.75) is 0 Å². The molecule has 2 rings (SSSR count). The minimum Gasteiger partial charge on any atom is -0.491 e. The lowest BCUT2D eigenvalue weighted by molar-refractivity contribution is 0.0687. The first kappa shape index (κ1) is 11.9. The van der Waals surface area contributed by atoms with Crippen LogP contribution in [-0.2, 0) is 0 Å². The number of hydrogen-bond donors (Lipinski definition) is 1. The molecule has 0 saturated carbocycles. The summed E-state index contributed by atoms with van der Waals surface area (Å²) in [4.78, 5) is 22.7. The molecule has 0 radical (unpaired) electrons. The average molecular weight is 245 g/mol. The molecule has 1 aromatic heterocycles. The van der Waals surface area contributed by atoms with E-state index in [4.69, 9.17) is 9.84 Å². The minimum atomic E-state index is -1.17. The number of hydrogen-bond acceptors (Lipinski definition) is 3. The minimum absolute atomic E-state index is 0.101. The van der Waals surface area contributed by atoms with Gasteiger partial charge in [0, 0.05) is 11.8 Å². The Bertz CT molecular complexity index is 631. The number of pyridine rings is 1. The molecule has 1 aromatic carbocycles. The molecule has 0 fully saturated rings. The second-order valence-electron chi connectivity index (χ2n) is 3.60. The third kappa shape index (κ3) is 2.10. The Morgan fingerprint density at radius 2 is 1.94 bits per heavy atom. The topological polar surface area (TPSA) is 68.5 Å². The quantitative estimate of drug-likeness (QED) is 0.890. The van der Waals surface area contributed by atoms with Crippen LogP contribution in [0.15, 0.2) is 47.4 Å². The maximum Gasteiger partial charge on any atom is 0.353 e. The van der Waals surface area contributed by atoms with Crippen molar-refractivity contribution >= 4 is 5.97 Å². The van der Waals surface area contributed by atoms with E-state index in [2.05, 4.69) is 0 Å². The molecule has 5 nitrogen and oxygen atoms in total. The van der Waals surface area contributed by atoms with Crippen LogP contribution in [0.4, 0.5) is 0 Å². The van der Waals surface area contributed by atoms with Crippen molar-refractivity contribution in [3.05, 3.63) is 58.5 Å². The van der Waals surface area contributed by atoms with E-state index in [1.807, 2.05) is 6.07 Å². The second kappa shape index (κ2) is 4.75. The maximum atomic E-state index is 11.6. The summed E-state index contributed by atoms with van der Waals surface area (Å²) in [5.74, 6) is -1.07. The summed E-state index contributed by atoms with van der Waals surface area (Å²) < 4.78 is 6.32. The largest absolute Gasteiger partial charge is 0.491 e. The van der Waals surface area contributed by atoms with Gasteiger partial charge in [-0.25, -0.2) is 4.79 Å². The number of aromatic nitrogens is 1. The zero-order valence-corrected chi connectivity index (χ0v) is 9.66. The molecule has 0 spiro atoms. The van der Waals surface area contributed by atoms with Crippen LogP contribution in [0.25, 0.3) is 5.69 Å². The van der Waals surface area contributed by atoms with E-state index < -0.39 is 11.4 Å². The highest BCUT2D eigenvalue weighted by Crippen LogP contribution is 2.14. The van der Waals surface area contributed by atoms with Crippen LogP contribution in [0, 0.1) is 0 Å². The van der Waals surface area contributed by atoms with Gasteiger partial charge in [-0.3, -0.25) is 4.79 Å². The smallest absolute Gasteiger partial charge is 0.353 e. The Kier molecular flexibility index (Phi) is 3.14. The fourth-order valence-corrected chi connectivity index (χ4v) is 1.64. The number of methoxy groups -OCH3 is 1. The van der Waals surface area contributed by atoms with E-state index in [-0.39, 0.29) is 11.4 Å². The predicted octanol–water partition coefficient (Wildman–Crippen LogP) is 1.54. The number of para-hydroxylation sites is 1. The molecular weight excluding hydrogens is 234 g/mol. The molecule has 1 heterocycles. The molecule has 0 atom stereocenters. The zero-order chi connectivity index (χ0) is 13.1. The van der Waals surface area contributed by atoms with Gasteiger partial charge in [0.15, 0.2) is 5.75 Å². The SMILES string of the molecule is COc1cn(-c2ccccc2)c(C(=O)O)cc1=O. The van der Waals surface area contributed by atoms with Gasteiger partial charge in [-0.2, -0.15) is 0 Å². The van der Waals surface area contributed by atoms with Gasteiger partial charge in [-0.05, 0) is 12.1 Å². The number of carboxylic acids is 1. The third-order valence-electron chi connectivity index (χ3n) is 2.49. The Balaban J connectivity index is 2.72. The molecule has 0 amide bonds. The third-order valence-corrected chi connectivity index (χ3v) is 2.49. The molecule has 2 aromatic rings. The zero-order valence-electron chi connectivity index (χ0n) is 9.66. The average Bonchev–Trinajstić information content (AvgIpc) is 2.39. The van der Waals surface area contributed by atoms with Crippen molar-refractivity contribution in [1.82, 2.24) is 4.57 Å². The number of benzene rings is 1. The highest BCUT2D eigenvalue weighted by atomic mass is 16.5.